The number of aliphatic carboxylic acids is 1. The van der Waals surface area contributed by atoms with Gasteiger partial charge in [-0.2, -0.15) is 0 Å². The number of nitrogens with zero attached hydrogens (tertiary/aromatic N) is 1. The van der Waals surface area contributed by atoms with E-state index in [9.17, 15) is 19.5 Å². The first-order valence-corrected chi connectivity index (χ1v) is 7.12. The molecule has 1 aliphatic heterocycles. The molecule has 1 fully saturated rings. The molecule has 0 aromatic heterocycles. The van der Waals surface area contributed by atoms with Crippen molar-refractivity contribution in [2.75, 3.05) is 13.1 Å². The molecule has 7 nitrogen and oxygen atoms in total. The molecule has 1 aliphatic rings. The zero-order valence-electron chi connectivity index (χ0n) is 13.1. The van der Waals surface area contributed by atoms with Gasteiger partial charge in [-0.15, -0.1) is 0 Å². The van der Waals surface area contributed by atoms with Crippen molar-refractivity contribution < 1.29 is 24.2 Å². The molecule has 2 N–H and O–H groups in total. The van der Waals surface area contributed by atoms with Crippen LogP contribution >= 0.6 is 0 Å². The van der Waals surface area contributed by atoms with E-state index in [-0.39, 0.29) is 18.7 Å². The smallest absolute Gasteiger partial charge is 0.408 e. The first kappa shape index (κ1) is 17.3. The summed E-state index contributed by atoms with van der Waals surface area (Å²) in [4.78, 5) is 36.6. The summed E-state index contributed by atoms with van der Waals surface area (Å²) < 4.78 is 5.12. The van der Waals surface area contributed by atoms with E-state index in [0.29, 0.717) is 19.5 Å². The van der Waals surface area contributed by atoms with Gasteiger partial charge in [0.2, 0.25) is 5.91 Å². The van der Waals surface area contributed by atoms with Crippen LogP contribution in [0.3, 0.4) is 0 Å². The lowest BCUT2D eigenvalue weighted by Crippen LogP contribution is -2.61. The minimum Gasteiger partial charge on any atom is -0.480 e. The number of nitrogens with one attached hydrogen (secondary N) is 1. The van der Waals surface area contributed by atoms with Gasteiger partial charge in [0.1, 0.15) is 11.1 Å². The Bertz CT molecular complexity index is 420. The van der Waals surface area contributed by atoms with Crippen molar-refractivity contribution in [2.45, 2.75) is 58.1 Å². The van der Waals surface area contributed by atoms with Crippen LogP contribution in [-0.2, 0) is 14.3 Å². The molecule has 0 aromatic carbocycles. The zero-order chi connectivity index (χ0) is 16.3. The Morgan fingerprint density at radius 3 is 2.14 bits per heavy atom. The molecule has 0 unspecified atom stereocenters. The summed E-state index contributed by atoms with van der Waals surface area (Å²) in [5, 5.41) is 11.9. The molecule has 1 saturated heterocycles. The Morgan fingerprint density at radius 2 is 1.76 bits per heavy atom. The third-order valence-corrected chi connectivity index (χ3v) is 3.42. The number of hydrogen-bond donors (Lipinski definition) is 2. The van der Waals surface area contributed by atoms with Gasteiger partial charge < -0.3 is 20.1 Å². The largest absolute Gasteiger partial charge is 0.480 e. The number of alkyl carbamates (subject to hydrolysis) is 1. The fourth-order valence-corrected chi connectivity index (χ4v) is 2.25. The molecule has 21 heavy (non-hydrogen) atoms. The number of hydrogen-bond acceptors (Lipinski definition) is 4. The number of rotatable bonds is 3. The predicted octanol–water partition coefficient (Wildman–Crippen LogP) is 1.37. The third-order valence-electron chi connectivity index (χ3n) is 3.42. The van der Waals surface area contributed by atoms with Crippen molar-refractivity contribution in [3.63, 3.8) is 0 Å². The highest BCUT2D eigenvalue weighted by atomic mass is 16.6. The molecule has 1 rings (SSSR count). The number of carboxylic acid groups (broad SMARTS) is 1. The SMILES string of the molecule is CCC(=O)N1CCC(NC(=O)OC(C)(C)C)(C(=O)O)CC1. The molecular formula is C14H24N2O5. The maximum atomic E-state index is 11.8. The van der Waals surface area contributed by atoms with Gasteiger partial charge in [0, 0.05) is 19.5 Å². The quantitative estimate of drug-likeness (QED) is 0.820. The average Bonchev–Trinajstić information content (AvgIpc) is 2.36. The fraction of sp³-hybridized carbons (Fsp3) is 0.786. The molecule has 1 heterocycles. The van der Waals surface area contributed by atoms with Gasteiger partial charge in [0.25, 0.3) is 0 Å². The van der Waals surface area contributed by atoms with Gasteiger partial charge in [0.05, 0.1) is 0 Å². The molecule has 7 heteroatoms. The Kier molecular flexibility index (Phi) is 5.20. The van der Waals surface area contributed by atoms with Crippen LogP contribution in [0.25, 0.3) is 0 Å². The number of amides is 2. The highest BCUT2D eigenvalue weighted by Crippen LogP contribution is 2.24. The van der Waals surface area contributed by atoms with Crippen molar-refractivity contribution in [3.8, 4) is 0 Å². The van der Waals surface area contributed by atoms with Gasteiger partial charge in [0.15, 0.2) is 0 Å². The second-order valence-electron chi connectivity index (χ2n) is 6.25. The minimum absolute atomic E-state index is 0.00810. The lowest BCUT2D eigenvalue weighted by atomic mass is 9.87. The summed E-state index contributed by atoms with van der Waals surface area (Å²) in [6.07, 6.45) is -0.0135. The average molecular weight is 300 g/mol. The standard InChI is InChI=1S/C14H24N2O5/c1-5-10(17)16-8-6-14(7-9-16,11(18)19)15-12(20)21-13(2,3)4/h5-9H2,1-4H3,(H,15,20)(H,18,19). The van der Waals surface area contributed by atoms with Crippen molar-refractivity contribution in [2.24, 2.45) is 0 Å². The Morgan fingerprint density at radius 1 is 1.24 bits per heavy atom. The summed E-state index contributed by atoms with van der Waals surface area (Å²) in [5.41, 5.74) is -2.06. The lowest BCUT2D eigenvalue weighted by Gasteiger charge is -2.39. The summed E-state index contributed by atoms with van der Waals surface area (Å²) in [7, 11) is 0. The maximum Gasteiger partial charge on any atom is 0.408 e. The van der Waals surface area contributed by atoms with Crippen molar-refractivity contribution in [1.29, 1.82) is 0 Å². The van der Waals surface area contributed by atoms with Crippen LogP contribution in [0.15, 0.2) is 0 Å². The zero-order valence-corrected chi connectivity index (χ0v) is 13.1. The van der Waals surface area contributed by atoms with E-state index in [2.05, 4.69) is 5.32 Å². The van der Waals surface area contributed by atoms with Crippen LogP contribution in [-0.4, -0.2) is 52.2 Å². The molecular weight excluding hydrogens is 276 g/mol. The molecule has 0 aliphatic carbocycles. The molecule has 0 saturated carbocycles. The van der Waals surface area contributed by atoms with Crippen LogP contribution < -0.4 is 5.32 Å². The van der Waals surface area contributed by atoms with Gasteiger partial charge in [-0.25, -0.2) is 9.59 Å². The van der Waals surface area contributed by atoms with Crippen molar-refractivity contribution >= 4 is 18.0 Å². The van der Waals surface area contributed by atoms with Gasteiger partial charge in [-0.3, -0.25) is 4.79 Å². The molecule has 0 radical (unpaired) electrons. The molecule has 120 valence electrons. The van der Waals surface area contributed by atoms with Crippen LogP contribution in [0.1, 0.15) is 47.0 Å². The number of carbonyl (C=O) groups excluding carboxylic acids is 2. The van der Waals surface area contributed by atoms with E-state index in [1.54, 1.807) is 32.6 Å². The second kappa shape index (κ2) is 6.32. The number of carboxylic acids is 1. The Balaban J connectivity index is 2.73. The van der Waals surface area contributed by atoms with E-state index in [0.717, 1.165) is 0 Å². The molecule has 0 spiro atoms. The normalized spacial score (nSPS) is 18.0. The second-order valence-corrected chi connectivity index (χ2v) is 6.25. The van der Waals surface area contributed by atoms with Gasteiger partial charge >= 0.3 is 12.1 Å². The molecule has 0 bridgehead atoms. The van der Waals surface area contributed by atoms with Crippen molar-refractivity contribution in [1.82, 2.24) is 10.2 Å². The van der Waals surface area contributed by atoms with Gasteiger partial charge in [-0.1, -0.05) is 6.92 Å². The minimum atomic E-state index is -1.37. The molecule has 0 aromatic rings. The Hall–Kier alpha value is -1.79. The topological polar surface area (TPSA) is 95.9 Å². The Labute approximate surface area is 124 Å². The van der Waals surface area contributed by atoms with E-state index < -0.39 is 23.2 Å². The summed E-state index contributed by atoms with van der Waals surface area (Å²) >= 11 is 0. The molecule has 2 amide bonds. The highest BCUT2D eigenvalue weighted by molar-refractivity contribution is 5.85. The summed E-state index contributed by atoms with van der Waals surface area (Å²) in [6.45, 7) is 7.53. The van der Waals surface area contributed by atoms with Crippen LogP contribution in [0.2, 0.25) is 0 Å². The van der Waals surface area contributed by atoms with Crippen molar-refractivity contribution in [3.05, 3.63) is 0 Å². The van der Waals surface area contributed by atoms with Gasteiger partial charge in [-0.05, 0) is 33.6 Å². The number of ether oxygens (including phenoxy) is 1. The maximum absolute atomic E-state index is 11.8. The van der Waals surface area contributed by atoms with E-state index >= 15 is 0 Å². The van der Waals surface area contributed by atoms with Crippen LogP contribution in [0, 0.1) is 0 Å². The van der Waals surface area contributed by atoms with Crippen LogP contribution in [0.5, 0.6) is 0 Å². The number of likely N-dealkylation sites (tertiary alicyclic amines) is 1. The monoisotopic (exact) mass is 300 g/mol. The predicted molar refractivity (Wildman–Crippen MR) is 75.8 cm³/mol. The lowest BCUT2D eigenvalue weighted by molar-refractivity contribution is -0.149. The van der Waals surface area contributed by atoms with Crippen LogP contribution in [0.4, 0.5) is 4.79 Å². The van der Waals surface area contributed by atoms with E-state index in [1.165, 1.54) is 0 Å². The molecule has 0 atom stereocenters. The van der Waals surface area contributed by atoms with E-state index in [4.69, 9.17) is 4.74 Å². The third kappa shape index (κ3) is 4.61. The number of piperidine rings is 1. The fourth-order valence-electron chi connectivity index (χ4n) is 2.25. The summed E-state index contributed by atoms with van der Waals surface area (Å²) in [5.74, 6) is -1.11. The highest BCUT2D eigenvalue weighted by Gasteiger charge is 2.44. The first-order valence-electron chi connectivity index (χ1n) is 7.12. The summed E-state index contributed by atoms with van der Waals surface area (Å²) in [6, 6.07) is 0. The van der Waals surface area contributed by atoms with E-state index in [1.807, 2.05) is 0 Å². The number of carbonyl (C=O) groups is 3. The first-order chi connectivity index (χ1) is 9.59.